The fourth-order valence-corrected chi connectivity index (χ4v) is 2.67. The van der Waals surface area contributed by atoms with E-state index in [0.717, 1.165) is 0 Å². The van der Waals surface area contributed by atoms with E-state index in [2.05, 4.69) is 4.98 Å². The summed E-state index contributed by atoms with van der Waals surface area (Å²) in [4.78, 5) is 16.5. The van der Waals surface area contributed by atoms with E-state index in [1.165, 1.54) is 23.9 Å². The van der Waals surface area contributed by atoms with Gasteiger partial charge >= 0.3 is 6.18 Å². The number of aliphatic hydroxyl groups is 1. The minimum absolute atomic E-state index is 0.0310. The molecule has 0 saturated heterocycles. The number of nitrogens with one attached hydrogen (secondary N) is 1. The van der Waals surface area contributed by atoms with E-state index < -0.39 is 17.7 Å². The van der Waals surface area contributed by atoms with Crippen molar-refractivity contribution in [3.05, 3.63) is 47.6 Å². The molecule has 1 amide bonds. The monoisotopic (exact) mass is 376 g/mol. The number of hydrogen-bond donors (Lipinski definition) is 2. The number of anilines is 1. The number of pyridine rings is 1. The smallest absolute Gasteiger partial charge is 0.373 e. The van der Waals surface area contributed by atoms with Gasteiger partial charge in [-0.25, -0.2) is 4.98 Å². The van der Waals surface area contributed by atoms with Crippen LogP contribution in [0.2, 0.25) is 5.02 Å². The van der Waals surface area contributed by atoms with Crippen molar-refractivity contribution < 1.29 is 23.1 Å². The van der Waals surface area contributed by atoms with Crippen LogP contribution >= 0.6 is 23.4 Å². The number of rotatable bonds is 4. The molecular weight excluding hydrogens is 365 g/mol. The van der Waals surface area contributed by atoms with Crippen LogP contribution in [0.5, 0.6) is 0 Å². The first-order chi connectivity index (χ1) is 11.1. The number of nitrogens with zero attached hydrogens (tertiary/aromatic N) is 1. The van der Waals surface area contributed by atoms with Gasteiger partial charge in [-0.2, -0.15) is 13.2 Å². The topological polar surface area (TPSA) is 62.2 Å². The molecule has 0 saturated carbocycles. The summed E-state index contributed by atoms with van der Waals surface area (Å²) >= 11 is 7.29. The highest BCUT2D eigenvalue weighted by molar-refractivity contribution is 7.99. The van der Waals surface area contributed by atoms with Crippen molar-refractivity contribution in [1.29, 1.82) is 0 Å². The first kappa shape index (κ1) is 18.6. The Hall–Kier alpha value is -1.77. The quantitative estimate of drug-likeness (QED) is 0.842. The third-order valence-corrected chi connectivity index (χ3v) is 4.30. The molecule has 2 aromatic rings. The van der Waals surface area contributed by atoms with Gasteiger partial charge in [0.05, 0.1) is 10.7 Å². The minimum atomic E-state index is -5.10. The lowest BCUT2D eigenvalue weighted by Gasteiger charge is -2.25. The molecule has 0 fully saturated rings. The van der Waals surface area contributed by atoms with Crippen LogP contribution in [0.25, 0.3) is 0 Å². The van der Waals surface area contributed by atoms with E-state index >= 15 is 0 Å². The maximum absolute atomic E-state index is 12.6. The van der Waals surface area contributed by atoms with Crippen LogP contribution in [0.15, 0.2) is 52.5 Å². The molecule has 9 heteroatoms. The SMILES string of the molecule is CC(O)(C(=O)Nc1ccc(Sc2ccccn2)cc1Cl)C(F)(F)F. The van der Waals surface area contributed by atoms with Crippen molar-refractivity contribution in [2.75, 3.05) is 5.32 Å². The predicted octanol–water partition coefficient (Wildman–Crippen LogP) is 4.14. The molecule has 0 spiro atoms. The molecule has 1 atom stereocenters. The number of aromatic nitrogens is 1. The van der Waals surface area contributed by atoms with Crippen molar-refractivity contribution >= 4 is 35.0 Å². The Morgan fingerprint density at radius 2 is 2.00 bits per heavy atom. The maximum Gasteiger partial charge on any atom is 0.426 e. The number of carbonyl (C=O) groups is 1. The average molecular weight is 377 g/mol. The highest BCUT2D eigenvalue weighted by atomic mass is 35.5. The minimum Gasteiger partial charge on any atom is -0.373 e. The van der Waals surface area contributed by atoms with Gasteiger partial charge in [-0.3, -0.25) is 4.79 Å². The van der Waals surface area contributed by atoms with Gasteiger partial charge in [-0.1, -0.05) is 29.4 Å². The second-order valence-electron chi connectivity index (χ2n) is 4.94. The van der Waals surface area contributed by atoms with Crippen LogP contribution in [0.4, 0.5) is 18.9 Å². The highest BCUT2D eigenvalue weighted by Crippen LogP contribution is 2.34. The molecule has 0 aliphatic heterocycles. The Kier molecular flexibility index (Phi) is 5.42. The van der Waals surface area contributed by atoms with Crippen LogP contribution in [0.1, 0.15) is 6.92 Å². The van der Waals surface area contributed by atoms with E-state index in [0.29, 0.717) is 16.8 Å². The molecule has 2 N–H and O–H groups in total. The van der Waals surface area contributed by atoms with E-state index in [4.69, 9.17) is 11.6 Å². The Morgan fingerprint density at radius 1 is 1.29 bits per heavy atom. The molecule has 0 aliphatic rings. The Labute approximate surface area is 145 Å². The largest absolute Gasteiger partial charge is 0.426 e. The molecule has 2 rings (SSSR count). The lowest BCUT2D eigenvalue weighted by molar-refractivity contribution is -0.242. The molecule has 24 heavy (non-hydrogen) atoms. The summed E-state index contributed by atoms with van der Waals surface area (Å²) in [5.41, 5.74) is -3.55. The molecule has 0 bridgehead atoms. The molecule has 0 aliphatic carbocycles. The van der Waals surface area contributed by atoms with E-state index in [1.54, 1.807) is 24.4 Å². The Morgan fingerprint density at radius 3 is 2.54 bits per heavy atom. The van der Waals surface area contributed by atoms with Crippen molar-refractivity contribution in [3.63, 3.8) is 0 Å². The van der Waals surface area contributed by atoms with E-state index in [9.17, 15) is 23.1 Å². The van der Waals surface area contributed by atoms with Gasteiger partial charge in [-0.05, 0) is 37.3 Å². The number of benzene rings is 1. The van der Waals surface area contributed by atoms with Crippen molar-refractivity contribution in [2.24, 2.45) is 0 Å². The molecule has 1 unspecified atom stereocenters. The summed E-state index contributed by atoms with van der Waals surface area (Å²) < 4.78 is 37.9. The summed E-state index contributed by atoms with van der Waals surface area (Å²) in [7, 11) is 0. The number of halogens is 4. The normalized spacial score (nSPS) is 14.1. The van der Waals surface area contributed by atoms with Crippen LogP contribution in [0, 0.1) is 0 Å². The van der Waals surface area contributed by atoms with Crippen molar-refractivity contribution in [2.45, 2.75) is 28.6 Å². The number of amides is 1. The van der Waals surface area contributed by atoms with Gasteiger partial charge in [0.1, 0.15) is 5.03 Å². The van der Waals surface area contributed by atoms with Crippen LogP contribution in [-0.4, -0.2) is 27.8 Å². The lowest BCUT2D eigenvalue weighted by Crippen LogP contribution is -2.52. The predicted molar refractivity (Wildman–Crippen MR) is 85.1 cm³/mol. The summed E-state index contributed by atoms with van der Waals surface area (Å²) in [6.07, 6.45) is -3.48. The maximum atomic E-state index is 12.6. The van der Waals surface area contributed by atoms with E-state index in [1.807, 2.05) is 11.4 Å². The highest BCUT2D eigenvalue weighted by Gasteiger charge is 2.55. The molecule has 1 aromatic heterocycles. The molecule has 1 aromatic carbocycles. The third kappa shape index (κ3) is 4.19. The van der Waals surface area contributed by atoms with Crippen LogP contribution < -0.4 is 5.32 Å². The summed E-state index contributed by atoms with van der Waals surface area (Å²) in [5.74, 6) is -1.61. The Bertz CT molecular complexity index is 739. The molecule has 0 radical (unpaired) electrons. The summed E-state index contributed by atoms with van der Waals surface area (Å²) in [6.45, 7) is 0.377. The van der Waals surface area contributed by atoms with Crippen LogP contribution in [-0.2, 0) is 4.79 Å². The standard InChI is InChI=1S/C15H12ClF3N2O2S/c1-14(23,15(17,18)19)13(22)21-11-6-5-9(8-10(11)16)24-12-4-2-3-7-20-12/h2-8,23H,1H3,(H,21,22). The number of alkyl halides is 3. The number of carbonyl (C=O) groups excluding carboxylic acids is 1. The Balaban J connectivity index is 2.14. The second kappa shape index (κ2) is 7.00. The fraction of sp³-hybridized carbons (Fsp3) is 0.200. The first-order valence-corrected chi connectivity index (χ1v) is 7.79. The molecule has 128 valence electrons. The zero-order valence-electron chi connectivity index (χ0n) is 12.3. The lowest BCUT2D eigenvalue weighted by atomic mass is 10.1. The van der Waals surface area contributed by atoms with Gasteiger partial charge in [-0.15, -0.1) is 0 Å². The number of hydrogen-bond acceptors (Lipinski definition) is 4. The van der Waals surface area contributed by atoms with E-state index in [-0.39, 0.29) is 10.7 Å². The third-order valence-electron chi connectivity index (χ3n) is 3.04. The zero-order chi connectivity index (χ0) is 18.0. The van der Waals surface area contributed by atoms with Crippen molar-refractivity contribution in [1.82, 2.24) is 4.98 Å². The molecule has 1 heterocycles. The van der Waals surface area contributed by atoms with Gasteiger partial charge in [0, 0.05) is 11.1 Å². The van der Waals surface area contributed by atoms with Crippen LogP contribution in [0.3, 0.4) is 0 Å². The van der Waals surface area contributed by atoms with Crippen molar-refractivity contribution in [3.8, 4) is 0 Å². The summed E-state index contributed by atoms with van der Waals surface area (Å²) in [6, 6.07) is 9.78. The first-order valence-electron chi connectivity index (χ1n) is 6.60. The molecular formula is C15H12ClF3N2O2S. The average Bonchev–Trinajstić information content (AvgIpc) is 2.49. The molecule has 4 nitrogen and oxygen atoms in total. The van der Waals surface area contributed by atoms with Gasteiger partial charge in [0.15, 0.2) is 0 Å². The summed E-state index contributed by atoms with van der Waals surface area (Å²) in [5, 5.41) is 12.1. The second-order valence-corrected chi connectivity index (χ2v) is 6.44. The zero-order valence-corrected chi connectivity index (χ0v) is 13.8. The van der Waals surface area contributed by atoms with Gasteiger partial charge in [0.2, 0.25) is 5.60 Å². The van der Waals surface area contributed by atoms with Gasteiger partial charge in [0.25, 0.3) is 5.91 Å². The van der Waals surface area contributed by atoms with Gasteiger partial charge < -0.3 is 10.4 Å². The fourth-order valence-electron chi connectivity index (χ4n) is 1.56.